The maximum atomic E-state index is 9.92. The summed E-state index contributed by atoms with van der Waals surface area (Å²) in [6, 6.07) is 10.1. The van der Waals surface area contributed by atoms with Gasteiger partial charge in [0, 0.05) is 23.5 Å². The molecule has 0 spiro atoms. The highest BCUT2D eigenvalue weighted by Gasteiger charge is 2.53. The van der Waals surface area contributed by atoms with E-state index in [0.717, 1.165) is 11.1 Å². The number of rotatable bonds is 3. The smallest absolute Gasteiger partial charge is 0.172 e. The third kappa shape index (κ3) is 2.28. The molecule has 0 amide bonds. The molecule has 24 heavy (non-hydrogen) atoms. The van der Waals surface area contributed by atoms with E-state index in [2.05, 4.69) is 18.2 Å². The van der Waals surface area contributed by atoms with Crippen LogP contribution in [0.3, 0.4) is 0 Å². The van der Waals surface area contributed by atoms with Gasteiger partial charge >= 0.3 is 0 Å². The molecule has 2 aliphatic carbocycles. The molecule has 1 aromatic rings. The number of methoxy groups -OCH3 is 2. The zero-order valence-electron chi connectivity index (χ0n) is 13.7. The number of benzene rings is 1. The third-order valence-electron chi connectivity index (χ3n) is 4.88. The second kappa shape index (κ2) is 6.26. The SMILES string of the molecule is COc1ccc(C2CC3C=CC=CC=C3C2(C#N)C#N)c(OC)c1. The first kappa shape index (κ1) is 15.9. The van der Waals surface area contributed by atoms with E-state index >= 15 is 0 Å². The molecule has 2 unspecified atom stereocenters. The molecule has 0 bridgehead atoms. The minimum atomic E-state index is -1.19. The molecule has 0 saturated heterocycles. The van der Waals surface area contributed by atoms with Crippen molar-refractivity contribution in [3.63, 3.8) is 0 Å². The lowest BCUT2D eigenvalue weighted by Crippen LogP contribution is -2.23. The van der Waals surface area contributed by atoms with Gasteiger partial charge in [-0.15, -0.1) is 0 Å². The van der Waals surface area contributed by atoms with Gasteiger partial charge in [0.1, 0.15) is 11.5 Å². The van der Waals surface area contributed by atoms with Gasteiger partial charge in [-0.1, -0.05) is 36.4 Å². The zero-order chi connectivity index (χ0) is 17.2. The van der Waals surface area contributed by atoms with Crippen LogP contribution < -0.4 is 9.47 Å². The Morgan fingerprint density at radius 3 is 2.54 bits per heavy atom. The van der Waals surface area contributed by atoms with Gasteiger partial charge in [0.25, 0.3) is 0 Å². The number of allylic oxidation sites excluding steroid dienone is 6. The number of ether oxygens (including phenoxy) is 2. The number of hydrogen-bond acceptors (Lipinski definition) is 4. The molecule has 0 aromatic heterocycles. The van der Waals surface area contributed by atoms with Crippen LogP contribution in [0, 0.1) is 34.0 Å². The first-order valence-corrected chi connectivity index (χ1v) is 7.80. The number of nitrogens with zero attached hydrogens (tertiary/aromatic N) is 2. The molecule has 3 rings (SSSR count). The quantitative estimate of drug-likeness (QED) is 0.848. The molecule has 1 fully saturated rings. The molecule has 120 valence electrons. The van der Waals surface area contributed by atoms with E-state index in [1.165, 1.54) is 0 Å². The third-order valence-corrected chi connectivity index (χ3v) is 4.88. The second-order valence-electron chi connectivity index (χ2n) is 5.93. The molecular weight excluding hydrogens is 300 g/mol. The van der Waals surface area contributed by atoms with Gasteiger partial charge < -0.3 is 9.47 Å². The van der Waals surface area contributed by atoms with Gasteiger partial charge in [-0.05, 0) is 18.1 Å². The van der Waals surface area contributed by atoms with Crippen molar-refractivity contribution >= 4 is 0 Å². The maximum Gasteiger partial charge on any atom is 0.172 e. The summed E-state index contributed by atoms with van der Waals surface area (Å²) in [7, 11) is 3.19. The summed E-state index contributed by atoms with van der Waals surface area (Å²) in [5.41, 5.74) is 0.541. The highest BCUT2D eigenvalue weighted by molar-refractivity contribution is 5.54. The van der Waals surface area contributed by atoms with Crippen LogP contribution in [-0.4, -0.2) is 14.2 Å². The monoisotopic (exact) mass is 318 g/mol. The summed E-state index contributed by atoms with van der Waals surface area (Å²) in [6.45, 7) is 0. The van der Waals surface area contributed by atoms with Crippen LogP contribution in [0.1, 0.15) is 17.9 Å². The Labute approximate surface area is 141 Å². The Morgan fingerprint density at radius 2 is 1.88 bits per heavy atom. The van der Waals surface area contributed by atoms with E-state index < -0.39 is 5.41 Å². The fourth-order valence-corrected chi connectivity index (χ4v) is 3.69. The van der Waals surface area contributed by atoms with Crippen LogP contribution in [0.2, 0.25) is 0 Å². The van der Waals surface area contributed by atoms with Gasteiger partial charge in [0.2, 0.25) is 0 Å². The van der Waals surface area contributed by atoms with Crippen molar-refractivity contribution in [2.75, 3.05) is 14.2 Å². The van der Waals surface area contributed by atoms with E-state index in [-0.39, 0.29) is 11.8 Å². The molecule has 1 aromatic carbocycles. The summed E-state index contributed by atoms with van der Waals surface area (Å²) < 4.78 is 10.8. The van der Waals surface area contributed by atoms with Gasteiger partial charge in [-0.25, -0.2) is 0 Å². The van der Waals surface area contributed by atoms with Crippen molar-refractivity contribution < 1.29 is 9.47 Å². The van der Waals surface area contributed by atoms with Crippen LogP contribution in [0.15, 0.2) is 54.2 Å². The average molecular weight is 318 g/mol. The average Bonchev–Trinajstić information content (AvgIpc) is 2.76. The first-order chi connectivity index (χ1) is 11.7. The van der Waals surface area contributed by atoms with Crippen molar-refractivity contribution in [1.82, 2.24) is 0 Å². The normalized spacial score (nSPS) is 23.4. The summed E-state index contributed by atoms with van der Waals surface area (Å²) in [5, 5.41) is 19.8. The fourth-order valence-electron chi connectivity index (χ4n) is 3.69. The van der Waals surface area contributed by atoms with Gasteiger partial charge in [0.05, 0.1) is 26.4 Å². The predicted octanol–water partition coefficient (Wildman–Crippen LogP) is 3.89. The Kier molecular flexibility index (Phi) is 4.15. The number of fused-ring (bicyclic) bond motifs is 1. The highest BCUT2D eigenvalue weighted by atomic mass is 16.5. The van der Waals surface area contributed by atoms with Crippen molar-refractivity contribution in [2.24, 2.45) is 11.3 Å². The maximum absolute atomic E-state index is 9.92. The molecule has 2 atom stereocenters. The van der Waals surface area contributed by atoms with Crippen LogP contribution in [0.5, 0.6) is 11.5 Å². The van der Waals surface area contributed by atoms with E-state index in [1.54, 1.807) is 20.3 Å². The predicted molar refractivity (Wildman–Crippen MR) is 90.4 cm³/mol. The molecule has 1 saturated carbocycles. The molecule has 4 nitrogen and oxygen atoms in total. The summed E-state index contributed by atoms with van der Waals surface area (Å²) in [4.78, 5) is 0. The summed E-state index contributed by atoms with van der Waals surface area (Å²) in [5.74, 6) is 1.16. The van der Waals surface area contributed by atoms with Crippen LogP contribution in [-0.2, 0) is 0 Å². The molecule has 2 aliphatic rings. The van der Waals surface area contributed by atoms with Crippen molar-refractivity contribution in [3.05, 3.63) is 59.7 Å². The molecule has 0 N–H and O–H groups in total. The lowest BCUT2D eigenvalue weighted by Gasteiger charge is -2.24. The topological polar surface area (TPSA) is 66.0 Å². The Balaban J connectivity index is 2.16. The molecule has 0 aliphatic heterocycles. The first-order valence-electron chi connectivity index (χ1n) is 7.80. The molecule has 4 heteroatoms. The number of hydrogen-bond donors (Lipinski definition) is 0. The Morgan fingerprint density at radius 1 is 1.08 bits per heavy atom. The zero-order valence-corrected chi connectivity index (χ0v) is 13.7. The van der Waals surface area contributed by atoms with Crippen molar-refractivity contribution in [2.45, 2.75) is 12.3 Å². The van der Waals surface area contributed by atoms with E-state index in [1.807, 2.05) is 36.4 Å². The number of nitriles is 2. The minimum Gasteiger partial charge on any atom is -0.497 e. The molecular formula is C20H18N2O2. The van der Waals surface area contributed by atoms with Crippen molar-refractivity contribution in [1.29, 1.82) is 10.5 Å². The summed E-state index contributed by atoms with van der Waals surface area (Å²) in [6.07, 6.45) is 10.5. The summed E-state index contributed by atoms with van der Waals surface area (Å²) >= 11 is 0. The van der Waals surface area contributed by atoms with E-state index in [0.29, 0.717) is 17.9 Å². The van der Waals surface area contributed by atoms with Gasteiger partial charge in [-0.2, -0.15) is 10.5 Å². The van der Waals surface area contributed by atoms with Gasteiger partial charge in [-0.3, -0.25) is 0 Å². The van der Waals surface area contributed by atoms with Crippen LogP contribution in [0.4, 0.5) is 0 Å². The minimum absolute atomic E-state index is 0.0797. The van der Waals surface area contributed by atoms with Gasteiger partial charge in [0.15, 0.2) is 5.41 Å². The Bertz CT molecular complexity index is 807. The van der Waals surface area contributed by atoms with E-state index in [9.17, 15) is 10.5 Å². The lowest BCUT2D eigenvalue weighted by atomic mass is 9.74. The lowest BCUT2D eigenvalue weighted by molar-refractivity contribution is 0.383. The fraction of sp³-hybridized carbons (Fsp3) is 0.300. The second-order valence-corrected chi connectivity index (χ2v) is 5.93. The van der Waals surface area contributed by atoms with Crippen LogP contribution >= 0.6 is 0 Å². The Hall–Kier alpha value is -2.98. The van der Waals surface area contributed by atoms with E-state index in [4.69, 9.17) is 9.47 Å². The molecule has 0 heterocycles. The van der Waals surface area contributed by atoms with Crippen molar-refractivity contribution in [3.8, 4) is 23.6 Å². The molecule has 0 radical (unpaired) electrons. The largest absolute Gasteiger partial charge is 0.497 e. The van der Waals surface area contributed by atoms with Crippen LogP contribution in [0.25, 0.3) is 0 Å². The standard InChI is InChI=1S/C20H18N2O2/c1-23-15-8-9-16(19(11-15)24-2)18-10-14-6-4-3-5-7-17(14)20(18,12-21)13-22/h3-9,11,14,18H,10H2,1-2H3. The highest BCUT2D eigenvalue weighted by Crippen LogP contribution is 2.57.